The van der Waals surface area contributed by atoms with Crippen molar-refractivity contribution in [2.45, 2.75) is 52.4 Å². The van der Waals surface area contributed by atoms with E-state index < -0.39 is 0 Å². The topological polar surface area (TPSA) is 27.7 Å². The Kier molecular flexibility index (Phi) is 9.22. The molecule has 0 aromatic heterocycles. The molecule has 3 nitrogen and oxygen atoms in total. The summed E-state index contributed by atoms with van der Waals surface area (Å²) < 4.78 is 5.60. The lowest BCUT2D eigenvalue weighted by atomic mass is 10.2. The van der Waals surface area contributed by atoms with Gasteiger partial charge in [-0.25, -0.2) is 9.78 Å². The number of halogens is 1. The number of rotatable bonds is 8. The van der Waals surface area contributed by atoms with E-state index in [1.54, 1.807) is 0 Å². The maximum Gasteiger partial charge on any atom is 0.201 e. The fraction of sp³-hybridized carbons (Fsp3) is 0.833. The van der Waals surface area contributed by atoms with Gasteiger partial charge in [0.15, 0.2) is 0 Å². The molecular formula is C12H23BrO3. The van der Waals surface area contributed by atoms with Gasteiger partial charge in [-0.05, 0) is 27.2 Å². The summed E-state index contributed by atoms with van der Waals surface area (Å²) in [5, 5.41) is 0.586. The summed E-state index contributed by atoms with van der Waals surface area (Å²) in [5.74, 6) is 0. The molecule has 0 aromatic carbocycles. The van der Waals surface area contributed by atoms with Crippen molar-refractivity contribution in [2.75, 3.05) is 11.9 Å². The third-order valence-electron chi connectivity index (χ3n) is 1.57. The summed E-state index contributed by atoms with van der Waals surface area (Å²) in [6.45, 7) is 8.53. The first-order valence-electron chi connectivity index (χ1n) is 5.66. The zero-order valence-electron chi connectivity index (χ0n) is 10.7. The van der Waals surface area contributed by atoms with E-state index >= 15 is 0 Å². The van der Waals surface area contributed by atoms with Crippen LogP contribution in [0.3, 0.4) is 0 Å². The Morgan fingerprint density at radius 2 is 1.94 bits per heavy atom. The molecule has 0 aliphatic carbocycles. The van der Waals surface area contributed by atoms with Crippen molar-refractivity contribution < 1.29 is 14.5 Å². The standard InChI is InChI=1S/C12H23BrO3/c1-5-6-7-8-9-14-16-11(10-13)15-12(2,3)4/h7-8,11H,5-6,9-10H2,1-4H3/b8-7+. The quantitative estimate of drug-likeness (QED) is 0.170. The Bertz CT molecular complexity index is 187. The van der Waals surface area contributed by atoms with Crippen molar-refractivity contribution in [3.63, 3.8) is 0 Å². The Labute approximate surface area is 107 Å². The van der Waals surface area contributed by atoms with Gasteiger partial charge in [-0.15, -0.1) is 0 Å². The summed E-state index contributed by atoms with van der Waals surface area (Å²) in [6, 6.07) is 0. The van der Waals surface area contributed by atoms with E-state index in [9.17, 15) is 0 Å². The molecule has 0 aliphatic heterocycles. The lowest BCUT2D eigenvalue weighted by Gasteiger charge is -2.25. The van der Waals surface area contributed by atoms with Crippen LogP contribution in [0.1, 0.15) is 40.5 Å². The van der Waals surface area contributed by atoms with E-state index in [4.69, 9.17) is 14.5 Å². The zero-order chi connectivity index (χ0) is 12.4. The monoisotopic (exact) mass is 294 g/mol. The van der Waals surface area contributed by atoms with Gasteiger partial charge >= 0.3 is 0 Å². The molecule has 0 amide bonds. The van der Waals surface area contributed by atoms with Crippen molar-refractivity contribution in [2.24, 2.45) is 0 Å². The van der Waals surface area contributed by atoms with Gasteiger partial charge in [0.05, 0.1) is 10.9 Å². The molecule has 0 fully saturated rings. The Hall–Kier alpha value is 0.100. The van der Waals surface area contributed by atoms with Gasteiger partial charge in [-0.2, -0.15) is 0 Å². The van der Waals surface area contributed by atoms with E-state index in [1.165, 1.54) is 0 Å². The highest BCUT2D eigenvalue weighted by atomic mass is 79.9. The Morgan fingerprint density at radius 3 is 2.44 bits per heavy atom. The summed E-state index contributed by atoms with van der Waals surface area (Å²) in [6.07, 6.45) is 5.88. The smallest absolute Gasteiger partial charge is 0.201 e. The van der Waals surface area contributed by atoms with Crippen LogP contribution >= 0.6 is 15.9 Å². The van der Waals surface area contributed by atoms with Gasteiger partial charge in [0.2, 0.25) is 6.29 Å². The summed E-state index contributed by atoms with van der Waals surface area (Å²) in [4.78, 5) is 10.2. The van der Waals surface area contributed by atoms with Crippen molar-refractivity contribution in [3.8, 4) is 0 Å². The van der Waals surface area contributed by atoms with Gasteiger partial charge in [-0.3, -0.25) is 0 Å². The fourth-order valence-electron chi connectivity index (χ4n) is 0.978. The Balaban J connectivity index is 3.63. The first-order chi connectivity index (χ1) is 7.49. The van der Waals surface area contributed by atoms with Crippen LogP contribution in [0, 0.1) is 0 Å². The van der Waals surface area contributed by atoms with Gasteiger partial charge in [0.1, 0.15) is 6.61 Å². The first-order valence-corrected chi connectivity index (χ1v) is 6.78. The lowest BCUT2D eigenvalue weighted by molar-refractivity contribution is -0.379. The molecule has 1 atom stereocenters. The number of hydrogen-bond acceptors (Lipinski definition) is 3. The number of unbranched alkanes of at least 4 members (excludes halogenated alkanes) is 1. The predicted molar refractivity (Wildman–Crippen MR) is 69.5 cm³/mol. The van der Waals surface area contributed by atoms with Gasteiger partial charge < -0.3 is 4.74 Å². The second-order valence-electron chi connectivity index (χ2n) is 4.45. The van der Waals surface area contributed by atoms with E-state index in [2.05, 4.69) is 28.9 Å². The van der Waals surface area contributed by atoms with Crippen molar-refractivity contribution in [1.29, 1.82) is 0 Å². The zero-order valence-corrected chi connectivity index (χ0v) is 12.2. The molecule has 0 saturated carbocycles. The van der Waals surface area contributed by atoms with Gasteiger partial charge in [0, 0.05) is 0 Å². The molecule has 0 aliphatic rings. The molecular weight excluding hydrogens is 272 g/mol. The summed E-state index contributed by atoms with van der Waals surface area (Å²) in [7, 11) is 0. The molecule has 0 rings (SSSR count). The second kappa shape index (κ2) is 9.16. The number of hydrogen-bond donors (Lipinski definition) is 0. The highest BCUT2D eigenvalue weighted by molar-refractivity contribution is 9.09. The normalized spacial score (nSPS) is 14.6. The number of allylic oxidation sites excluding steroid dienone is 1. The van der Waals surface area contributed by atoms with E-state index in [-0.39, 0.29) is 11.9 Å². The highest BCUT2D eigenvalue weighted by Gasteiger charge is 2.18. The third-order valence-corrected chi connectivity index (χ3v) is 2.10. The minimum Gasteiger partial charge on any atom is -0.343 e. The van der Waals surface area contributed by atoms with Crippen molar-refractivity contribution in [3.05, 3.63) is 12.2 Å². The van der Waals surface area contributed by atoms with Crippen LogP contribution in [-0.4, -0.2) is 23.8 Å². The SMILES string of the molecule is CCC/C=C/COOC(CBr)OC(C)(C)C. The average Bonchev–Trinajstić information content (AvgIpc) is 2.19. The van der Waals surface area contributed by atoms with Crippen LogP contribution in [-0.2, 0) is 14.5 Å². The Morgan fingerprint density at radius 1 is 1.25 bits per heavy atom. The molecule has 0 heterocycles. The van der Waals surface area contributed by atoms with E-state index in [0.717, 1.165) is 12.8 Å². The number of alkyl halides is 1. The van der Waals surface area contributed by atoms with Crippen LogP contribution in [0.25, 0.3) is 0 Å². The van der Waals surface area contributed by atoms with Crippen LogP contribution in [0.4, 0.5) is 0 Å². The molecule has 0 spiro atoms. The van der Waals surface area contributed by atoms with Crippen molar-refractivity contribution in [1.82, 2.24) is 0 Å². The molecule has 0 N–H and O–H groups in total. The minimum atomic E-state index is -0.375. The predicted octanol–water partition coefficient (Wildman–Crippen LogP) is 3.83. The highest BCUT2D eigenvalue weighted by Crippen LogP contribution is 2.13. The summed E-state index contributed by atoms with van der Waals surface area (Å²) >= 11 is 3.31. The van der Waals surface area contributed by atoms with E-state index in [1.807, 2.05) is 26.8 Å². The minimum absolute atomic E-state index is 0.236. The lowest BCUT2D eigenvalue weighted by Crippen LogP contribution is -2.30. The molecule has 0 radical (unpaired) electrons. The van der Waals surface area contributed by atoms with Crippen molar-refractivity contribution >= 4 is 15.9 Å². The maximum absolute atomic E-state index is 5.60. The molecule has 0 saturated heterocycles. The van der Waals surface area contributed by atoms with Gasteiger partial charge in [0.25, 0.3) is 0 Å². The molecule has 0 bridgehead atoms. The number of ether oxygens (including phenoxy) is 1. The van der Waals surface area contributed by atoms with Crippen LogP contribution in [0.15, 0.2) is 12.2 Å². The molecule has 0 aromatic rings. The average molecular weight is 295 g/mol. The largest absolute Gasteiger partial charge is 0.343 e. The fourth-order valence-corrected chi connectivity index (χ4v) is 1.22. The van der Waals surface area contributed by atoms with Crippen LogP contribution in [0.5, 0.6) is 0 Å². The first kappa shape index (κ1) is 16.1. The maximum atomic E-state index is 5.60. The van der Waals surface area contributed by atoms with Gasteiger partial charge in [-0.1, -0.05) is 41.4 Å². The molecule has 16 heavy (non-hydrogen) atoms. The molecule has 1 unspecified atom stereocenters. The molecule has 4 heteroatoms. The van der Waals surface area contributed by atoms with E-state index in [0.29, 0.717) is 11.9 Å². The van der Waals surface area contributed by atoms with Crippen LogP contribution < -0.4 is 0 Å². The second-order valence-corrected chi connectivity index (χ2v) is 5.10. The summed E-state index contributed by atoms with van der Waals surface area (Å²) in [5.41, 5.74) is -0.236. The third kappa shape index (κ3) is 10.6. The van der Waals surface area contributed by atoms with Crippen LogP contribution in [0.2, 0.25) is 0 Å². The molecule has 96 valence electrons.